The zero-order chi connectivity index (χ0) is 9.83. The SMILES string of the molecule is CCC[Si](C)(C)OS(=O)(=O)CC. The molecule has 0 amide bonds. The van der Waals surface area contributed by atoms with Crippen LogP contribution in [-0.4, -0.2) is 22.5 Å². The summed E-state index contributed by atoms with van der Waals surface area (Å²) in [5, 5.41) is 0. The van der Waals surface area contributed by atoms with Crippen molar-refractivity contribution in [3.63, 3.8) is 0 Å². The Labute approximate surface area is 76.4 Å². The Hall–Kier alpha value is 0.127. The van der Waals surface area contributed by atoms with E-state index in [1.807, 2.05) is 20.0 Å². The summed E-state index contributed by atoms with van der Waals surface area (Å²) in [7, 11) is -5.19. The second-order valence-corrected chi connectivity index (χ2v) is 9.82. The van der Waals surface area contributed by atoms with E-state index in [0.29, 0.717) is 0 Å². The molecule has 0 heterocycles. The van der Waals surface area contributed by atoms with E-state index in [1.54, 1.807) is 6.92 Å². The minimum Gasteiger partial charge on any atom is -0.315 e. The van der Waals surface area contributed by atoms with Crippen molar-refractivity contribution in [3.8, 4) is 0 Å². The van der Waals surface area contributed by atoms with E-state index in [9.17, 15) is 8.42 Å². The minimum absolute atomic E-state index is 0.0765. The van der Waals surface area contributed by atoms with Gasteiger partial charge < -0.3 is 3.87 Å². The van der Waals surface area contributed by atoms with Crippen LogP contribution in [0.3, 0.4) is 0 Å². The molecular weight excluding hydrogens is 192 g/mol. The normalized spacial score (nSPS) is 13.3. The number of hydrogen-bond acceptors (Lipinski definition) is 3. The van der Waals surface area contributed by atoms with Gasteiger partial charge >= 0.3 is 0 Å². The van der Waals surface area contributed by atoms with E-state index in [4.69, 9.17) is 3.87 Å². The van der Waals surface area contributed by atoms with Crippen LogP contribution in [0, 0.1) is 0 Å². The summed E-state index contributed by atoms with van der Waals surface area (Å²) in [6.45, 7) is 7.51. The van der Waals surface area contributed by atoms with E-state index in [1.165, 1.54) is 0 Å². The Morgan fingerprint density at radius 2 is 1.75 bits per heavy atom. The van der Waals surface area contributed by atoms with Crippen LogP contribution in [0.2, 0.25) is 19.1 Å². The maximum atomic E-state index is 11.1. The van der Waals surface area contributed by atoms with E-state index >= 15 is 0 Å². The molecule has 0 unspecified atom stereocenters. The van der Waals surface area contributed by atoms with Crippen molar-refractivity contribution in [3.05, 3.63) is 0 Å². The Morgan fingerprint density at radius 3 is 2.08 bits per heavy atom. The molecule has 5 heteroatoms. The van der Waals surface area contributed by atoms with Crippen LogP contribution in [0.1, 0.15) is 20.3 Å². The third-order valence-electron chi connectivity index (χ3n) is 1.56. The zero-order valence-electron chi connectivity index (χ0n) is 8.25. The van der Waals surface area contributed by atoms with Gasteiger partial charge in [0.1, 0.15) is 0 Å². The average Bonchev–Trinajstić information content (AvgIpc) is 1.85. The summed E-state index contributed by atoms with van der Waals surface area (Å²) in [6, 6.07) is 0.895. The van der Waals surface area contributed by atoms with Crippen LogP contribution in [0.4, 0.5) is 0 Å². The highest BCUT2D eigenvalue weighted by molar-refractivity contribution is 7.87. The van der Waals surface area contributed by atoms with Gasteiger partial charge in [-0.15, -0.1) is 0 Å². The molecule has 0 bridgehead atoms. The lowest BCUT2D eigenvalue weighted by atomic mass is 10.6. The van der Waals surface area contributed by atoms with Gasteiger partial charge in [0.25, 0.3) is 10.1 Å². The Balaban J connectivity index is 4.24. The van der Waals surface area contributed by atoms with E-state index in [2.05, 4.69) is 0 Å². The van der Waals surface area contributed by atoms with Crippen LogP contribution in [0.5, 0.6) is 0 Å². The Kier molecular flexibility index (Phi) is 4.43. The van der Waals surface area contributed by atoms with E-state index in [-0.39, 0.29) is 5.75 Å². The van der Waals surface area contributed by atoms with Gasteiger partial charge in [0.15, 0.2) is 0 Å². The number of hydrogen-bond donors (Lipinski definition) is 0. The molecule has 0 fully saturated rings. The van der Waals surface area contributed by atoms with Gasteiger partial charge in [-0.3, -0.25) is 0 Å². The smallest absolute Gasteiger partial charge is 0.257 e. The van der Waals surface area contributed by atoms with Crippen molar-refractivity contribution in [1.82, 2.24) is 0 Å². The summed E-state index contributed by atoms with van der Waals surface area (Å²) in [4.78, 5) is 0. The molecule has 0 saturated carbocycles. The first kappa shape index (κ1) is 12.1. The highest BCUT2D eigenvalue weighted by atomic mass is 32.2. The molecule has 0 saturated heterocycles. The largest absolute Gasteiger partial charge is 0.315 e. The monoisotopic (exact) mass is 210 g/mol. The minimum atomic E-state index is -3.24. The number of rotatable bonds is 5. The van der Waals surface area contributed by atoms with Gasteiger partial charge in [0.05, 0.1) is 5.75 Å². The molecule has 74 valence electrons. The highest BCUT2D eigenvalue weighted by Crippen LogP contribution is 2.16. The third-order valence-corrected chi connectivity index (χ3v) is 6.79. The van der Waals surface area contributed by atoms with Gasteiger partial charge in [-0.1, -0.05) is 13.3 Å². The van der Waals surface area contributed by atoms with E-state index < -0.39 is 18.4 Å². The predicted octanol–water partition coefficient (Wildman–Crippen LogP) is 1.97. The fourth-order valence-electron chi connectivity index (χ4n) is 1.05. The predicted molar refractivity (Wildman–Crippen MR) is 53.1 cm³/mol. The molecule has 0 aliphatic rings. The van der Waals surface area contributed by atoms with Crippen molar-refractivity contribution in [2.75, 3.05) is 5.75 Å². The van der Waals surface area contributed by atoms with Crippen molar-refractivity contribution in [1.29, 1.82) is 0 Å². The van der Waals surface area contributed by atoms with Gasteiger partial charge in [0.2, 0.25) is 8.32 Å². The summed E-state index contributed by atoms with van der Waals surface area (Å²) in [5.74, 6) is 0.0765. The van der Waals surface area contributed by atoms with Crippen molar-refractivity contribution in [2.45, 2.75) is 39.4 Å². The Morgan fingerprint density at radius 1 is 1.25 bits per heavy atom. The second kappa shape index (κ2) is 4.39. The standard InChI is InChI=1S/C7H18O3SSi/c1-5-7-12(3,4)10-11(8,9)6-2/h5-7H2,1-4H3. The maximum absolute atomic E-state index is 11.1. The summed E-state index contributed by atoms with van der Waals surface area (Å²) >= 11 is 0. The third kappa shape index (κ3) is 4.90. The van der Waals surface area contributed by atoms with Crippen LogP contribution in [0.15, 0.2) is 0 Å². The molecule has 0 spiro atoms. The molecule has 0 rings (SSSR count). The van der Waals surface area contributed by atoms with E-state index in [0.717, 1.165) is 12.5 Å². The molecule has 0 aliphatic heterocycles. The molecule has 0 radical (unpaired) electrons. The lowest BCUT2D eigenvalue weighted by Crippen LogP contribution is -2.33. The van der Waals surface area contributed by atoms with Crippen LogP contribution in [0.25, 0.3) is 0 Å². The molecule has 0 atom stereocenters. The topological polar surface area (TPSA) is 43.4 Å². The molecular formula is C7H18O3SSi. The first-order valence-corrected chi connectivity index (χ1v) is 8.95. The molecule has 0 aromatic carbocycles. The maximum Gasteiger partial charge on any atom is 0.257 e. The van der Waals surface area contributed by atoms with Crippen LogP contribution in [-0.2, 0) is 14.0 Å². The zero-order valence-corrected chi connectivity index (χ0v) is 10.1. The first-order valence-electron chi connectivity index (χ1n) is 4.26. The van der Waals surface area contributed by atoms with Crippen molar-refractivity contribution >= 4 is 18.4 Å². The van der Waals surface area contributed by atoms with Gasteiger partial charge in [-0.05, 0) is 26.1 Å². The highest BCUT2D eigenvalue weighted by Gasteiger charge is 2.27. The van der Waals surface area contributed by atoms with Crippen LogP contribution >= 0.6 is 0 Å². The average molecular weight is 210 g/mol. The van der Waals surface area contributed by atoms with Crippen molar-refractivity contribution < 1.29 is 12.3 Å². The second-order valence-electron chi connectivity index (χ2n) is 3.44. The quantitative estimate of drug-likeness (QED) is 0.652. The Bertz CT molecular complexity index is 221. The summed E-state index contributed by atoms with van der Waals surface area (Å²) < 4.78 is 27.3. The van der Waals surface area contributed by atoms with Gasteiger partial charge in [-0.25, -0.2) is 8.42 Å². The molecule has 0 N–H and O–H groups in total. The van der Waals surface area contributed by atoms with Gasteiger partial charge in [-0.2, -0.15) is 0 Å². The summed E-state index contributed by atoms with van der Waals surface area (Å²) in [5.41, 5.74) is 0. The lowest BCUT2D eigenvalue weighted by molar-refractivity contribution is 0.482. The molecule has 12 heavy (non-hydrogen) atoms. The fraction of sp³-hybridized carbons (Fsp3) is 1.00. The van der Waals surface area contributed by atoms with Gasteiger partial charge in [0, 0.05) is 0 Å². The lowest BCUT2D eigenvalue weighted by Gasteiger charge is -2.20. The first-order chi connectivity index (χ1) is 5.33. The summed E-state index contributed by atoms with van der Waals surface area (Å²) in [6.07, 6.45) is 0.985. The molecule has 0 aliphatic carbocycles. The fourth-order valence-corrected chi connectivity index (χ4v) is 5.80. The van der Waals surface area contributed by atoms with Crippen LogP contribution < -0.4 is 0 Å². The molecule has 0 aromatic rings. The van der Waals surface area contributed by atoms with Crippen molar-refractivity contribution in [2.24, 2.45) is 0 Å². The molecule has 0 aromatic heterocycles. The molecule has 3 nitrogen and oxygen atoms in total.